The van der Waals surface area contributed by atoms with Gasteiger partial charge in [-0.3, -0.25) is 9.78 Å². The summed E-state index contributed by atoms with van der Waals surface area (Å²) in [6.07, 6.45) is 4.01. The van der Waals surface area contributed by atoms with Crippen LogP contribution >= 0.6 is 11.8 Å². The molecule has 0 saturated carbocycles. The van der Waals surface area contributed by atoms with E-state index in [2.05, 4.69) is 34.2 Å². The van der Waals surface area contributed by atoms with Crippen LogP contribution < -0.4 is 4.90 Å². The molecule has 0 saturated heterocycles. The zero-order valence-electron chi connectivity index (χ0n) is 14.8. The highest BCUT2D eigenvalue weighted by Crippen LogP contribution is 2.46. The van der Waals surface area contributed by atoms with E-state index in [9.17, 15) is 4.79 Å². The third-order valence-electron chi connectivity index (χ3n) is 4.56. The molecule has 4 rings (SSSR count). The number of rotatable bonds is 4. The van der Waals surface area contributed by atoms with Gasteiger partial charge >= 0.3 is 0 Å². The van der Waals surface area contributed by atoms with Gasteiger partial charge in [0.15, 0.2) is 5.78 Å². The van der Waals surface area contributed by atoms with Crippen molar-refractivity contribution in [2.45, 2.75) is 18.7 Å². The Morgan fingerprint density at radius 2 is 1.88 bits per heavy atom. The molecule has 0 aliphatic carbocycles. The molecule has 0 spiro atoms. The molecule has 0 bridgehead atoms. The number of thioether (sulfide) groups is 1. The summed E-state index contributed by atoms with van der Waals surface area (Å²) < 4.78 is 0. The highest BCUT2D eigenvalue weighted by Gasteiger charge is 2.27. The predicted octanol–water partition coefficient (Wildman–Crippen LogP) is 5.37. The van der Waals surface area contributed by atoms with Crippen LogP contribution in [-0.4, -0.2) is 17.3 Å². The van der Waals surface area contributed by atoms with Crippen molar-refractivity contribution in [2.75, 3.05) is 11.4 Å². The minimum absolute atomic E-state index is 0.0239. The summed E-state index contributed by atoms with van der Waals surface area (Å²) in [5, 5.41) is 2.20. The fraction of sp³-hybridized carbons (Fsp3) is 0.182. The zero-order chi connectivity index (χ0) is 18.1. The Morgan fingerprint density at radius 3 is 2.73 bits per heavy atom. The van der Waals surface area contributed by atoms with Crippen LogP contribution in [0.4, 0.5) is 5.69 Å². The Labute approximate surface area is 157 Å². The fourth-order valence-electron chi connectivity index (χ4n) is 3.04. The van der Waals surface area contributed by atoms with E-state index in [1.807, 2.05) is 56.4 Å². The van der Waals surface area contributed by atoms with E-state index >= 15 is 0 Å². The van der Waals surface area contributed by atoms with Crippen LogP contribution in [0.15, 0.2) is 70.7 Å². The Morgan fingerprint density at radius 1 is 1.12 bits per heavy atom. The van der Waals surface area contributed by atoms with E-state index in [1.165, 1.54) is 4.90 Å². The molecule has 1 aromatic heterocycles. The molecule has 0 atom stereocenters. The van der Waals surface area contributed by atoms with Gasteiger partial charge in [0.1, 0.15) is 0 Å². The molecule has 2 aromatic carbocycles. The van der Waals surface area contributed by atoms with E-state index in [4.69, 9.17) is 0 Å². The maximum atomic E-state index is 12.4. The lowest BCUT2D eigenvalue weighted by Crippen LogP contribution is -2.28. The number of pyridine rings is 1. The topological polar surface area (TPSA) is 33.2 Å². The van der Waals surface area contributed by atoms with Crippen LogP contribution in [0.2, 0.25) is 0 Å². The van der Waals surface area contributed by atoms with Crippen LogP contribution in [-0.2, 0) is 4.79 Å². The fourth-order valence-corrected chi connectivity index (χ4v) is 4.15. The largest absolute Gasteiger partial charge is 0.327 e. The quantitative estimate of drug-likeness (QED) is 0.626. The van der Waals surface area contributed by atoms with E-state index in [0.29, 0.717) is 6.54 Å². The lowest BCUT2D eigenvalue weighted by Gasteiger charge is -2.21. The van der Waals surface area contributed by atoms with Crippen molar-refractivity contribution >= 4 is 40.2 Å². The number of para-hydroxylation sites is 2. The summed E-state index contributed by atoms with van der Waals surface area (Å²) >= 11 is 1.72. The maximum Gasteiger partial charge on any atom is 0.155 e. The standard InChI is InChI=1S/C22H20N2OS/c1-15(2)20(25)14-24-19-9-5-6-10-21(19)26-22(24)13-16-11-12-23-18-8-4-3-7-17(16)18/h3-13,15H,14H2,1-2H3/b22-13-. The average molecular weight is 360 g/mol. The van der Waals surface area contributed by atoms with Gasteiger partial charge in [-0.25, -0.2) is 0 Å². The average Bonchev–Trinajstić information content (AvgIpc) is 2.99. The summed E-state index contributed by atoms with van der Waals surface area (Å²) in [5.41, 5.74) is 3.20. The molecule has 26 heavy (non-hydrogen) atoms. The number of ketones is 1. The summed E-state index contributed by atoms with van der Waals surface area (Å²) in [6, 6.07) is 18.4. The number of nitrogens with zero attached hydrogens (tertiary/aromatic N) is 2. The SMILES string of the molecule is CC(C)C(=O)CN1/C(=C/c2ccnc3ccccc23)Sc2ccccc21. The van der Waals surface area contributed by atoms with E-state index in [0.717, 1.165) is 27.2 Å². The Balaban J connectivity index is 1.79. The Hall–Kier alpha value is -2.59. The van der Waals surface area contributed by atoms with Gasteiger partial charge in [0.25, 0.3) is 0 Å². The second-order valence-corrected chi connectivity index (χ2v) is 7.74. The van der Waals surface area contributed by atoms with Crippen LogP contribution in [0.1, 0.15) is 19.4 Å². The van der Waals surface area contributed by atoms with E-state index in [1.54, 1.807) is 11.8 Å². The number of carbonyl (C=O) groups excluding carboxylic acids is 1. The van der Waals surface area contributed by atoms with Gasteiger partial charge < -0.3 is 4.90 Å². The number of fused-ring (bicyclic) bond motifs is 2. The van der Waals surface area contributed by atoms with Crippen molar-refractivity contribution in [3.05, 3.63) is 71.4 Å². The normalized spacial score (nSPS) is 15.0. The van der Waals surface area contributed by atoms with Gasteiger partial charge in [-0.2, -0.15) is 0 Å². The van der Waals surface area contributed by atoms with Gasteiger partial charge in [0.05, 0.1) is 22.8 Å². The molecule has 1 aliphatic rings. The first-order chi connectivity index (χ1) is 12.6. The molecule has 0 N–H and O–H groups in total. The predicted molar refractivity (Wildman–Crippen MR) is 109 cm³/mol. The summed E-state index contributed by atoms with van der Waals surface area (Å²) in [5.74, 6) is 0.267. The van der Waals surface area contributed by atoms with Crippen LogP contribution in [0.25, 0.3) is 17.0 Å². The number of benzene rings is 2. The summed E-state index contributed by atoms with van der Waals surface area (Å²) in [7, 11) is 0. The third kappa shape index (κ3) is 3.13. The lowest BCUT2D eigenvalue weighted by molar-refractivity contribution is -0.120. The number of hydrogen-bond acceptors (Lipinski definition) is 4. The number of aromatic nitrogens is 1. The molecule has 0 radical (unpaired) electrons. The highest BCUT2D eigenvalue weighted by molar-refractivity contribution is 8.03. The van der Waals surface area contributed by atoms with Gasteiger partial charge in [-0.15, -0.1) is 0 Å². The van der Waals surface area contributed by atoms with Crippen molar-refractivity contribution in [2.24, 2.45) is 5.92 Å². The van der Waals surface area contributed by atoms with Crippen molar-refractivity contribution in [3.8, 4) is 0 Å². The van der Waals surface area contributed by atoms with Crippen molar-refractivity contribution in [1.29, 1.82) is 0 Å². The molecule has 0 unspecified atom stereocenters. The molecule has 3 aromatic rings. The van der Waals surface area contributed by atoms with E-state index < -0.39 is 0 Å². The van der Waals surface area contributed by atoms with Crippen LogP contribution in [0.5, 0.6) is 0 Å². The van der Waals surface area contributed by atoms with E-state index in [-0.39, 0.29) is 11.7 Å². The Bertz CT molecular complexity index is 1000. The molecule has 3 nitrogen and oxygen atoms in total. The minimum Gasteiger partial charge on any atom is -0.327 e. The maximum absolute atomic E-state index is 12.4. The molecule has 1 aliphatic heterocycles. The van der Waals surface area contributed by atoms with Crippen molar-refractivity contribution in [3.63, 3.8) is 0 Å². The first-order valence-corrected chi connectivity index (χ1v) is 9.58. The zero-order valence-corrected chi connectivity index (χ0v) is 15.7. The van der Waals surface area contributed by atoms with Gasteiger partial charge in [-0.1, -0.05) is 55.9 Å². The highest BCUT2D eigenvalue weighted by atomic mass is 32.2. The second-order valence-electron chi connectivity index (χ2n) is 6.68. The first kappa shape index (κ1) is 16.9. The molecule has 4 heteroatoms. The molecular formula is C22H20N2OS. The molecule has 0 amide bonds. The van der Waals surface area contributed by atoms with Gasteiger partial charge in [0.2, 0.25) is 0 Å². The van der Waals surface area contributed by atoms with Gasteiger partial charge in [0, 0.05) is 22.4 Å². The molecule has 130 valence electrons. The molecule has 0 fully saturated rings. The monoisotopic (exact) mass is 360 g/mol. The van der Waals surface area contributed by atoms with Crippen LogP contribution in [0.3, 0.4) is 0 Å². The van der Waals surface area contributed by atoms with Crippen molar-refractivity contribution < 1.29 is 4.79 Å². The first-order valence-electron chi connectivity index (χ1n) is 8.76. The van der Waals surface area contributed by atoms with Crippen LogP contribution in [0, 0.1) is 5.92 Å². The number of carbonyl (C=O) groups is 1. The lowest BCUT2D eigenvalue weighted by atomic mass is 10.1. The number of hydrogen-bond donors (Lipinski definition) is 0. The smallest absolute Gasteiger partial charge is 0.155 e. The minimum atomic E-state index is 0.0239. The molecular weight excluding hydrogens is 340 g/mol. The summed E-state index contributed by atoms with van der Waals surface area (Å²) in [6.45, 7) is 4.31. The Kier molecular flexibility index (Phi) is 4.51. The van der Waals surface area contributed by atoms with Gasteiger partial charge in [-0.05, 0) is 35.9 Å². The number of anilines is 1. The van der Waals surface area contributed by atoms with Crippen molar-refractivity contribution in [1.82, 2.24) is 4.98 Å². The number of Topliss-reactive ketones (excluding diaryl/α,β-unsaturated/α-hetero) is 1. The second kappa shape index (κ2) is 6.96. The molecule has 2 heterocycles. The summed E-state index contributed by atoms with van der Waals surface area (Å²) in [4.78, 5) is 20.2. The third-order valence-corrected chi connectivity index (χ3v) is 5.67.